The molecule has 1 aromatic heterocycles. The number of anilines is 2. The average Bonchev–Trinajstić information content (AvgIpc) is 2.25. The molecular formula is C12H10BrClN2. The molecule has 1 N–H and O–H groups in total. The van der Waals surface area contributed by atoms with Gasteiger partial charge in [0.2, 0.25) is 0 Å². The molecule has 2 rings (SSSR count). The first-order chi connectivity index (χ1) is 7.66. The molecule has 0 unspecified atom stereocenters. The Bertz CT molecular complexity index is 514. The summed E-state index contributed by atoms with van der Waals surface area (Å²) in [4.78, 5) is 4.22. The number of benzene rings is 1. The van der Waals surface area contributed by atoms with E-state index in [1.54, 1.807) is 6.20 Å². The molecule has 0 aliphatic rings. The minimum absolute atomic E-state index is 0.595. The third kappa shape index (κ3) is 2.54. The minimum atomic E-state index is 0.595. The molecule has 0 bridgehead atoms. The van der Waals surface area contributed by atoms with Gasteiger partial charge in [-0.25, -0.2) is 4.98 Å². The smallest absolute Gasteiger partial charge is 0.149 e. The Morgan fingerprint density at radius 3 is 2.75 bits per heavy atom. The molecule has 0 aliphatic carbocycles. The van der Waals surface area contributed by atoms with Gasteiger partial charge in [-0.15, -0.1) is 0 Å². The van der Waals surface area contributed by atoms with Gasteiger partial charge in [0.1, 0.15) is 5.82 Å². The summed E-state index contributed by atoms with van der Waals surface area (Å²) in [6.45, 7) is 2.04. The van der Waals surface area contributed by atoms with E-state index < -0.39 is 0 Å². The second kappa shape index (κ2) is 4.85. The number of hydrogen-bond donors (Lipinski definition) is 1. The molecule has 4 heteroatoms. The fourth-order valence-electron chi connectivity index (χ4n) is 1.35. The molecule has 0 saturated heterocycles. The molecule has 1 heterocycles. The number of pyridine rings is 1. The first kappa shape index (κ1) is 11.4. The van der Waals surface area contributed by atoms with E-state index in [-0.39, 0.29) is 0 Å². The van der Waals surface area contributed by atoms with E-state index in [2.05, 4.69) is 26.2 Å². The van der Waals surface area contributed by atoms with Gasteiger partial charge in [-0.3, -0.25) is 0 Å². The number of aryl methyl sites for hydroxylation is 1. The van der Waals surface area contributed by atoms with Crippen molar-refractivity contribution >= 4 is 39.0 Å². The maximum atomic E-state index is 6.08. The van der Waals surface area contributed by atoms with Gasteiger partial charge in [0.25, 0.3) is 0 Å². The van der Waals surface area contributed by atoms with Crippen molar-refractivity contribution in [2.24, 2.45) is 0 Å². The van der Waals surface area contributed by atoms with Crippen LogP contribution in [0.4, 0.5) is 11.5 Å². The van der Waals surface area contributed by atoms with E-state index in [1.165, 1.54) is 0 Å². The first-order valence-electron chi connectivity index (χ1n) is 4.80. The lowest BCUT2D eigenvalue weighted by Gasteiger charge is -2.09. The number of aromatic nitrogens is 1. The summed E-state index contributed by atoms with van der Waals surface area (Å²) in [5.74, 6) is 0.666. The Kier molecular flexibility index (Phi) is 3.46. The zero-order chi connectivity index (χ0) is 11.5. The second-order valence-electron chi connectivity index (χ2n) is 3.42. The number of hydrogen-bond acceptors (Lipinski definition) is 2. The molecule has 0 amide bonds. The molecule has 1 aromatic carbocycles. The van der Waals surface area contributed by atoms with Gasteiger partial charge in [0, 0.05) is 16.4 Å². The highest BCUT2D eigenvalue weighted by Crippen LogP contribution is 2.26. The van der Waals surface area contributed by atoms with Gasteiger partial charge in [-0.2, -0.15) is 0 Å². The van der Waals surface area contributed by atoms with Gasteiger partial charge < -0.3 is 5.32 Å². The Balaban J connectivity index is 2.31. The summed E-state index contributed by atoms with van der Waals surface area (Å²) in [5.41, 5.74) is 2.17. The number of nitrogens with one attached hydrogen (secondary N) is 1. The molecule has 0 radical (unpaired) electrons. The maximum absolute atomic E-state index is 6.08. The van der Waals surface area contributed by atoms with E-state index in [4.69, 9.17) is 11.6 Å². The number of para-hydroxylation sites is 1. The molecular weight excluding hydrogens is 288 g/mol. The van der Waals surface area contributed by atoms with Crippen LogP contribution < -0.4 is 5.32 Å². The van der Waals surface area contributed by atoms with Crippen LogP contribution in [-0.2, 0) is 0 Å². The van der Waals surface area contributed by atoms with Crippen LogP contribution in [0.2, 0.25) is 5.02 Å². The van der Waals surface area contributed by atoms with Crippen LogP contribution in [-0.4, -0.2) is 4.98 Å². The third-order valence-corrected chi connectivity index (χ3v) is 2.93. The number of rotatable bonds is 2. The summed E-state index contributed by atoms with van der Waals surface area (Å²) in [7, 11) is 0. The van der Waals surface area contributed by atoms with Crippen molar-refractivity contribution in [2.75, 3.05) is 5.32 Å². The molecule has 2 nitrogen and oxygen atoms in total. The highest BCUT2D eigenvalue weighted by molar-refractivity contribution is 9.10. The third-order valence-electron chi connectivity index (χ3n) is 2.21. The number of halogens is 2. The van der Waals surface area contributed by atoms with Crippen molar-refractivity contribution < 1.29 is 0 Å². The predicted molar refractivity (Wildman–Crippen MR) is 71.4 cm³/mol. The summed E-state index contributed by atoms with van der Waals surface area (Å²) in [6.07, 6.45) is 1.71. The molecule has 2 aromatic rings. The summed E-state index contributed by atoms with van der Waals surface area (Å²) in [5, 5.41) is 3.80. The van der Waals surface area contributed by atoms with Gasteiger partial charge in [0.05, 0.1) is 5.02 Å². The van der Waals surface area contributed by atoms with Gasteiger partial charge in [-0.05, 0) is 40.5 Å². The summed E-state index contributed by atoms with van der Waals surface area (Å²) < 4.78 is 0.868. The quantitative estimate of drug-likeness (QED) is 0.879. The van der Waals surface area contributed by atoms with Crippen LogP contribution in [0, 0.1) is 6.92 Å². The molecule has 82 valence electrons. The van der Waals surface area contributed by atoms with Crippen LogP contribution in [0.1, 0.15) is 5.56 Å². The van der Waals surface area contributed by atoms with Crippen LogP contribution in [0.25, 0.3) is 0 Å². The van der Waals surface area contributed by atoms with Crippen molar-refractivity contribution in [3.63, 3.8) is 0 Å². The number of nitrogens with zero attached hydrogens (tertiary/aromatic N) is 1. The zero-order valence-corrected chi connectivity index (χ0v) is 11.0. The van der Waals surface area contributed by atoms with Crippen LogP contribution in [0.3, 0.4) is 0 Å². The second-order valence-corrected chi connectivity index (χ2v) is 4.75. The van der Waals surface area contributed by atoms with E-state index in [0.717, 1.165) is 15.7 Å². The van der Waals surface area contributed by atoms with Crippen molar-refractivity contribution in [2.45, 2.75) is 6.92 Å². The monoisotopic (exact) mass is 296 g/mol. The van der Waals surface area contributed by atoms with Crippen LogP contribution in [0.5, 0.6) is 0 Å². The Labute approximate surface area is 108 Å². The van der Waals surface area contributed by atoms with E-state index >= 15 is 0 Å². The first-order valence-corrected chi connectivity index (χ1v) is 5.97. The summed E-state index contributed by atoms with van der Waals surface area (Å²) in [6, 6.07) is 9.82. The summed E-state index contributed by atoms with van der Waals surface area (Å²) >= 11 is 9.40. The predicted octanol–water partition coefficient (Wildman–Crippen LogP) is 4.55. The van der Waals surface area contributed by atoms with E-state index in [1.807, 2.05) is 37.3 Å². The molecule has 0 spiro atoms. The fraction of sp³-hybridized carbons (Fsp3) is 0.0833. The Morgan fingerprint density at radius 1 is 1.31 bits per heavy atom. The largest absolute Gasteiger partial charge is 0.339 e. The Hall–Kier alpha value is -1.06. The van der Waals surface area contributed by atoms with Crippen molar-refractivity contribution in [1.82, 2.24) is 4.98 Å². The molecule has 16 heavy (non-hydrogen) atoms. The van der Waals surface area contributed by atoms with Crippen LogP contribution >= 0.6 is 27.5 Å². The van der Waals surface area contributed by atoms with Crippen molar-refractivity contribution in [3.8, 4) is 0 Å². The minimum Gasteiger partial charge on any atom is -0.339 e. The normalized spacial score (nSPS) is 10.2. The highest BCUT2D eigenvalue weighted by Gasteiger charge is 2.04. The zero-order valence-electron chi connectivity index (χ0n) is 8.67. The molecule has 0 saturated carbocycles. The molecule has 0 atom stereocenters. The van der Waals surface area contributed by atoms with Crippen LogP contribution in [0.15, 0.2) is 41.0 Å². The topological polar surface area (TPSA) is 24.9 Å². The van der Waals surface area contributed by atoms with E-state index in [0.29, 0.717) is 10.8 Å². The maximum Gasteiger partial charge on any atom is 0.149 e. The van der Waals surface area contributed by atoms with Crippen molar-refractivity contribution in [3.05, 3.63) is 51.6 Å². The molecule has 0 fully saturated rings. The highest BCUT2D eigenvalue weighted by atomic mass is 79.9. The van der Waals surface area contributed by atoms with Gasteiger partial charge in [0.15, 0.2) is 0 Å². The molecule has 0 aliphatic heterocycles. The lowest BCUT2D eigenvalue weighted by atomic mass is 10.2. The standard InChI is InChI=1S/C12H10BrClN2/c1-8-4-2-3-5-11(8)16-12-10(14)6-9(13)7-15-12/h2-7H,1H3,(H,15,16). The van der Waals surface area contributed by atoms with Gasteiger partial charge >= 0.3 is 0 Å². The average molecular weight is 298 g/mol. The Morgan fingerprint density at radius 2 is 2.06 bits per heavy atom. The lowest BCUT2D eigenvalue weighted by molar-refractivity contribution is 1.28. The van der Waals surface area contributed by atoms with E-state index in [9.17, 15) is 0 Å². The van der Waals surface area contributed by atoms with Crippen molar-refractivity contribution in [1.29, 1.82) is 0 Å². The fourth-order valence-corrected chi connectivity index (χ4v) is 2.02. The SMILES string of the molecule is Cc1ccccc1Nc1ncc(Br)cc1Cl. The van der Waals surface area contributed by atoms with Gasteiger partial charge in [-0.1, -0.05) is 29.8 Å². The lowest BCUT2D eigenvalue weighted by Crippen LogP contribution is -1.96.